The molecule has 0 bridgehead atoms. The van der Waals surface area contributed by atoms with Gasteiger partial charge in [0.25, 0.3) is 0 Å². The van der Waals surface area contributed by atoms with Crippen molar-refractivity contribution >= 4 is 15.9 Å². The van der Waals surface area contributed by atoms with Gasteiger partial charge in [-0.15, -0.1) is 0 Å². The van der Waals surface area contributed by atoms with Crippen molar-refractivity contribution in [2.24, 2.45) is 0 Å². The summed E-state index contributed by atoms with van der Waals surface area (Å²) < 4.78 is 35.3. The third-order valence-corrected chi connectivity index (χ3v) is 8.26. The van der Waals surface area contributed by atoms with Crippen LogP contribution in [-0.4, -0.2) is 61.4 Å². The Hall–Kier alpha value is -2.16. The second-order valence-electron chi connectivity index (χ2n) is 8.63. The van der Waals surface area contributed by atoms with Gasteiger partial charge in [0.2, 0.25) is 15.9 Å². The summed E-state index contributed by atoms with van der Waals surface area (Å²) in [6.45, 7) is 9.45. The summed E-state index contributed by atoms with van der Waals surface area (Å²) in [4.78, 5) is 15.1. The maximum absolute atomic E-state index is 13.1. The molecule has 1 aliphatic rings. The fourth-order valence-corrected chi connectivity index (χ4v) is 6.18. The molecule has 1 aromatic carbocycles. The number of fused-ring (bicyclic) bond motifs is 1. The Morgan fingerprint density at radius 3 is 2.53 bits per heavy atom. The van der Waals surface area contributed by atoms with Crippen molar-refractivity contribution < 1.29 is 17.9 Å². The maximum atomic E-state index is 13.1. The lowest BCUT2D eigenvalue weighted by Gasteiger charge is -2.37. The van der Waals surface area contributed by atoms with Crippen LogP contribution in [-0.2, 0) is 26.1 Å². The quantitative estimate of drug-likeness (QED) is 0.537. The molecule has 1 amide bonds. The Labute approximate surface area is 192 Å². The van der Waals surface area contributed by atoms with E-state index in [0.717, 1.165) is 36.1 Å². The van der Waals surface area contributed by atoms with Gasteiger partial charge in [0.05, 0.1) is 17.5 Å². The summed E-state index contributed by atoms with van der Waals surface area (Å²) in [6.07, 6.45) is 3.96. The van der Waals surface area contributed by atoms with E-state index in [1.807, 2.05) is 43.9 Å². The van der Waals surface area contributed by atoms with Gasteiger partial charge in [0, 0.05) is 38.6 Å². The summed E-state index contributed by atoms with van der Waals surface area (Å²) in [5, 5.41) is 0. The molecule has 0 fully saturated rings. The molecular weight excluding hydrogens is 426 g/mol. The van der Waals surface area contributed by atoms with Gasteiger partial charge in [-0.3, -0.25) is 4.79 Å². The number of benzene rings is 1. The van der Waals surface area contributed by atoms with Gasteiger partial charge in [-0.05, 0) is 50.5 Å². The van der Waals surface area contributed by atoms with Crippen LogP contribution in [0, 0.1) is 20.8 Å². The molecule has 2 heterocycles. The zero-order valence-electron chi connectivity index (χ0n) is 19.8. The smallest absolute Gasteiger partial charge is 0.249 e. The van der Waals surface area contributed by atoms with Gasteiger partial charge in [-0.25, -0.2) is 8.42 Å². The third kappa shape index (κ3) is 5.08. The molecule has 1 atom stereocenters. The lowest BCUT2D eigenvalue weighted by atomic mass is 10.0. The highest BCUT2D eigenvalue weighted by Gasteiger charge is 2.30. The molecule has 8 heteroatoms. The van der Waals surface area contributed by atoms with E-state index in [2.05, 4.69) is 23.8 Å². The Balaban J connectivity index is 1.56. The van der Waals surface area contributed by atoms with E-state index in [9.17, 15) is 13.2 Å². The van der Waals surface area contributed by atoms with Crippen molar-refractivity contribution in [3.05, 3.63) is 52.8 Å². The minimum absolute atomic E-state index is 0.0442. The second-order valence-corrected chi connectivity index (χ2v) is 10.6. The van der Waals surface area contributed by atoms with Crippen LogP contribution < -0.4 is 0 Å². The van der Waals surface area contributed by atoms with Crippen molar-refractivity contribution in [3.63, 3.8) is 0 Å². The number of carbonyl (C=O) groups is 1. The van der Waals surface area contributed by atoms with Gasteiger partial charge in [-0.2, -0.15) is 4.31 Å². The predicted molar refractivity (Wildman–Crippen MR) is 125 cm³/mol. The molecule has 176 valence electrons. The molecule has 7 nitrogen and oxygen atoms in total. The summed E-state index contributed by atoms with van der Waals surface area (Å²) in [7, 11) is -2.08. The number of aromatic nitrogens is 1. The van der Waals surface area contributed by atoms with Gasteiger partial charge < -0.3 is 14.2 Å². The van der Waals surface area contributed by atoms with Gasteiger partial charge in [-0.1, -0.05) is 31.0 Å². The number of hydrogen-bond acceptors (Lipinski definition) is 4. The lowest BCUT2D eigenvalue weighted by Crippen LogP contribution is -2.43. The topological polar surface area (TPSA) is 71.8 Å². The summed E-state index contributed by atoms with van der Waals surface area (Å²) in [5.74, 6) is -0.0494. The monoisotopic (exact) mass is 461 g/mol. The molecular formula is C24H35N3O4S. The average molecular weight is 462 g/mol. The fraction of sp³-hybridized carbons (Fsp3) is 0.542. The molecule has 2 aromatic rings. The first-order valence-electron chi connectivity index (χ1n) is 11.2. The van der Waals surface area contributed by atoms with E-state index in [-0.39, 0.29) is 31.7 Å². The summed E-state index contributed by atoms with van der Waals surface area (Å²) in [6, 6.07) is 7.93. The molecule has 0 saturated heterocycles. The number of sulfonamides is 1. The zero-order valence-corrected chi connectivity index (χ0v) is 20.6. The highest BCUT2D eigenvalue weighted by atomic mass is 32.2. The number of nitrogens with zero attached hydrogens (tertiary/aromatic N) is 3. The Morgan fingerprint density at radius 1 is 1.19 bits per heavy atom. The predicted octanol–water partition coefficient (Wildman–Crippen LogP) is 3.43. The first kappa shape index (κ1) is 24.5. The number of likely N-dealkylation sites (N-methyl/N-ethyl adjacent to an activating group) is 1. The maximum Gasteiger partial charge on any atom is 0.249 e. The molecule has 32 heavy (non-hydrogen) atoms. The van der Waals surface area contributed by atoms with E-state index in [0.29, 0.717) is 11.4 Å². The summed E-state index contributed by atoms with van der Waals surface area (Å²) in [5.41, 5.74) is 3.68. The van der Waals surface area contributed by atoms with Crippen molar-refractivity contribution in [2.75, 3.05) is 33.4 Å². The van der Waals surface area contributed by atoms with E-state index < -0.39 is 10.0 Å². The molecule has 1 unspecified atom stereocenters. The lowest BCUT2D eigenvalue weighted by molar-refractivity contribution is -0.140. The third-order valence-electron chi connectivity index (χ3n) is 6.10. The Kier molecular flexibility index (Phi) is 7.79. The standard InChI is InChI=1S/C24H35N3O4S/c1-6-8-22-21-9-7-10-26(21)11-12-27(22)23(28)17-31-14-13-25(5)32(29,30)24-19(3)15-18(2)16-20(24)4/h7,9-10,15-16,22H,6,8,11-14,17H2,1-5H3. The van der Waals surface area contributed by atoms with Crippen LogP contribution in [0.3, 0.4) is 0 Å². The largest absolute Gasteiger partial charge is 0.370 e. The second kappa shape index (κ2) is 10.2. The molecule has 0 saturated carbocycles. The SMILES string of the molecule is CCCC1c2cccn2CCN1C(=O)COCCN(C)S(=O)(=O)c1c(C)cc(C)cc1C. The molecule has 0 N–H and O–H groups in total. The van der Waals surface area contributed by atoms with Crippen molar-refractivity contribution in [1.82, 2.24) is 13.8 Å². The fourth-order valence-electron chi connectivity index (χ4n) is 4.63. The highest BCUT2D eigenvalue weighted by Crippen LogP contribution is 2.30. The van der Waals surface area contributed by atoms with Crippen molar-refractivity contribution in [1.29, 1.82) is 0 Å². The molecule has 1 aromatic heterocycles. The van der Waals surface area contributed by atoms with Crippen molar-refractivity contribution in [3.8, 4) is 0 Å². The minimum Gasteiger partial charge on any atom is -0.370 e. The molecule has 1 aliphatic heterocycles. The molecule has 0 radical (unpaired) electrons. The number of amides is 1. The highest BCUT2D eigenvalue weighted by molar-refractivity contribution is 7.89. The van der Waals surface area contributed by atoms with Gasteiger partial charge in [0.15, 0.2) is 0 Å². The first-order chi connectivity index (χ1) is 15.2. The number of hydrogen-bond donors (Lipinski definition) is 0. The van der Waals surface area contributed by atoms with E-state index in [4.69, 9.17) is 4.74 Å². The van der Waals surface area contributed by atoms with Crippen LogP contribution >= 0.6 is 0 Å². The van der Waals surface area contributed by atoms with Crippen LogP contribution in [0.15, 0.2) is 35.4 Å². The van der Waals surface area contributed by atoms with Crippen molar-refractivity contribution in [2.45, 2.75) is 58.0 Å². The van der Waals surface area contributed by atoms with Gasteiger partial charge in [0.1, 0.15) is 6.61 Å². The van der Waals surface area contributed by atoms with Gasteiger partial charge >= 0.3 is 0 Å². The minimum atomic E-state index is -3.63. The Bertz CT molecular complexity index is 1040. The summed E-state index contributed by atoms with van der Waals surface area (Å²) >= 11 is 0. The van der Waals surface area contributed by atoms with Crippen LogP contribution in [0.1, 0.15) is 48.2 Å². The van der Waals surface area contributed by atoms with Crippen LogP contribution in [0.5, 0.6) is 0 Å². The van der Waals surface area contributed by atoms with E-state index >= 15 is 0 Å². The number of aryl methyl sites for hydroxylation is 3. The van der Waals surface area contributed by atoms with E-state index in [1.54, 1.807) is 7.05 Å². The van der Waals surface area contributed by atoms with E-state index in [1.165, 1.54) is 10.00 Å². The number of carbonyl (C=O) groups excluding carboxylic acids is 1. The normalized spacial score (nSPS) is 16.4. The Morgan fingerprint density at radius 2 is 1.88 bits per heavy atom. The van der Waals surface area contributed by atoms with Crippen LogP contribution in [0.2, 0.25) is 0 Å². The van der Waals surface area contributed by atoms with Crippen LogP contribution in [0.25, 0.3) is 0 Å². The zero-order chi connectivity index (χ0) is 23.5. The molecule has 0 spiro atoms. The first-order valence-corrected chi connectivity index (χ1v) is 12.7. The number of ether oxygens (including phenoxy) is 1. The molecule has 0 aliphatic carbocycles. The van der Waals surface area contributed by atoms with Crippen LogP contribution in [0.4, 0.5) is 0 Å². The number of rotatable bonds is 9. The molecule has 3 rings (SSSR count). The average Bonchev–Trinajstić information content (AvgIpc) is 3.19.